The lowest BCUT2D eigenvalue weighted by atomic mass is 10.2. The molecule has 21 heavy (non-hydrogen) atoms. The molecule has 8 heteroatoms. The summed E-state index contributed by atoms with van der Waals surface area (Å²) in [6.07, 6.45) is 0. The topological polar surface area (TPSA) is 72.2 Å². The van der Waals surface area contributed by atoms with Gasteiger partial charge in [0.2, 0.25) is 0 Å². The molecule has 2 aromatic carbocycles. The van der Waals surface area contributed by atoms with Gasteiger partial charge in [0.1, 0.15) is 5.69 Å². The predicted octanol–water partition coefficient (Wildman–Crippen LogP) is 5.03. The molecule has 0 atom stereocenters. The molecule has 1 amide bonds. The van der Waals surface area contributed by atoms with Gasteiger partial charge in [0.05, 0.1) is 4.92 Å². The van der Waals surface area contributed by atoms with Crippen LogP contribution in [0, 0.1) is 10.1 Å². The summed E-state index contributed by atoms with van der Waals surface area (Å²) >= 11 is 12.4. The van der Waals surface area contributed by atoms with Gasteiger partial charge in [-0.25, -0.2) is 0 Å². The molecular formula is C13H7Br2ClN2O3. The molecule has 2 aromatic rings. The molecular weight excluding hydrogens is 427 g/mol. The Hall–Kier alpha value is -1.44. The Balaban J connectivity index is 2.35. The van der Waals surface area contributed by atoms with Crippen LogP contribution in [0.3, 0.4) is 0 Å². The Labute approximate surface area is 141 Å². The van der Waals surface area contributed by atoms with Crippen LogP contribution in [0.4, 0.5) is 11.4 Å². The quantitative estimate of drug-likeness (QED) is 0.544. The van der Waals surface area contributed by atoms with Gasteiger partial charge in [-0.1, -0.05) is 43.5 Å². The second-order valence-electron chi connectivity index (χ2n) is 4.03. The minimum atomic E-state index is -0.581. The van der Waals surface area contributed by atoms with E-state index >= 15 is 0 Å². The number of nitro groups is 1. The van der Waals surface area contributed by atoms with Crippen molar-refractivity contribution in [1.82, 2.24) is 0 Å². The summed E-state index contributed by atoms with van der Waals surface area (Å²) in [5.41, 5.74) is 0.181. The molecule has 108 valence electrons. The van der Waals surface area contributed by atoms with E-state index in [4.69, 9.17) is 11.6 Å². The highest BCUT2D eigenvalue weighted by Gasteiger charge is 2.17. The van der Waals surface area contributed by atoms with E-state index in [0.717, 1.165) is 0 Å². The second-order valence-corrected chi connectivity index (χ2v) is 6.30. The molecule has 0 radical (unpaired) electrons. The van der Waals surface area contributed by atoms with Gasteiger partial charge >= 0.3 is 0 Å². The molecule has 0 heterocycles. The number of hydrogen-bond acceptors (Lipinski definition) is 3. The van der Waals surface area contributed by atoms with Crippen LogP contribution in [0.25, 0.3) is 0 Å². The first-order valence-corrected chi connectivity index (χ1v) is 7.54. The Morgan fingerprint density at radius 2 is 1.76 bits per heavy atom. The van der Waals surface area contributed by atoms with Crippen molar-refractivity contribution < 1.29 is 9.72 Å². The molecule has 1 N–H and O–H groups in total. The minimum absolute atomic E-state index is 0.0496. The molecule has 0 aliphatic rings. The van der Waals surface area contributed by atoms with Gasteiger partial charge in [-0.2, -0.15) is 0 Å². The maximum absolute atomic E-state index is 12.2. The van der Waals surface area contributed by atoms with Gasteiger partial charge in [-0.3, -0.25) is 14.9 Å². The fraction of sp³-hybridized carbons (Fsp3) is 0. The zero-order valence-electron chi connectivity index (χ0n) is 10.3. The molecule has 0 unspecified atom stereocenters. The third-order valence-corrected chi connectivity index (χ3v) is 3.68. The van der Waals surface area contributed by atoms with Crippen LogP contribution >= 0.6 is 43.5 Å². The van der Waals surface area contributed by atoms with Gasteiger partial charge in [-0.05, 0) is 30.3 Å². The molecule has 0 aromatic heterocycles. The van der Waals surface area contributed by atoms with E-state index in [1.807, 2.05) is 0 Å². The average Bonchev–Trinajstić information content (AvgIpc) is 2.37. The van der Waals surface area contributed by atoms with Crippen LogP contribution in [0.2, 0.25) is 5.02 Å². The van der Waals surface area contributed by atoms with E-state index in [1.165, 1.54) is 18.2 Å². The first-order chi connectivity index (χ1) is 9.86. The van der Waals surface area contributed by atoms with Gasteiger partial charge < -0.3 is 5.32 Å². The van der Waals surface area contributed by atoms with Crippen molar-refractivity contribution in [3.8, 4) is 0 Å². The van der Waals surface area contributed by atoms with E-state index < -0.39 is 10.8 Å². The zero-order valence-corrected chi connectivity index (χ0v) is 14.2. The van der Waals surface area contributed by atoms with Crippen LogP contribution in [0.1, 0.15) is 10.4 Å². The largest absolute Gasteiger partial charge is 0.316 e. The van der Waals surface area contributed by atoms with Gasteiger partial charge in [0.15, 0.2) is 0 Å². The number of nitro benzene ring substituents is 1. The van der Waals surface area contributed by atoms with E-state index in [-0.39, 0.29) is 11.4 Å². The van der Waals surface area contributed by atoms with Gasteiger partial charge in [-0.15, -0.1) is 0 Å². The number of amides is 1. The van der Waals surface area contributed by atoms with Crippen LogP contribution < -0.4 is 5.32 Å². The van der Waals surface area contributed by atoms with Crippen LogP contribution in [0.5, 0.6) is 0 Å². The number of nitrogens with one attached hydrogen (secondary N) is 1. The smallest absolute Gasteiger partial charge is 0.292 e. The lowest BCUT2D eigenvalue weighted by Gasteiger charge is -2.07. The molecule has 5 nitrogen and oxygen atoms in total. The predicted molar refractivity (Wildman–Crippen MR) is 87.9 cm³/mol. The number of benzene rings is 2. The molecule has 0 bridgehead atoms. The molecule has 0 aliphatic heterocycles. The summed E-state index contributed by atoms with van der Waals surface area (Å²) in [5.74, 6) is -0.470. The number of hydrogen-bond donors (Lipinski definition) is 1. The van der Waals surface area contributed by atoms with Crippen molar-refractivity contribution in [1.29, 1.82) is 0 Å². The second kappa shape index (κ2) is 6.55. The average molecular weight is 434 g/mol. The summed E-state index contributed by atoms with van der Waals surface area (Å²) in [7, 11) is 0. The zero-order chi connectivity index (χ0) is 15.6. The van der Waals surface area contributed by atoms with E-state index in [1.54, 1.807) is 18.2 Å². The van der Waals surface area contributed by atoms with E-state index in [9.17, 15) is 14.9 Å². The highest BCUT2D eigenvalue weighted by atomic mass is 79.9. The molecule has 0 fully saturated rings. The summed E-state index contributed by atoms with van der Waals surface area (Å²) in [4.78, 5) is 22.6. The number of nitrogens with zero attached hydrogens (tertiary/aromatic N) is 1. The lowest BCUT2D eigenvalue weighted by Crippen LogP contribution is -2.13. The van der Waals surface area contributed by atoms with Crippen LogP contribution in [0.15, 0.2) is 45.3 Å². The number of carbonyl (C=O) groups excluding carboxylic acids is 1. The standard InChI is InChI=1S/C13H7Br2ClN2O3/c14-8-3-7(4-9(15)5-8)13(19)17-11-6-10(16)1-2-12(11)18(20)21/h1-6H,(H,17,19). The molecule has 0 saturated carbocycles. The first-order valence-electron chi connectivity index (χ1n) is 5.58. The van der Waals surface area contributed by atoms with Crippen molar-refractivity contribution in [2.75, 3.05) is 5.32 Å². The third-order valence-electron chi connectivity index (χ3n) is 2.53. The SMILES string of the molecule is O=C(Nc1cc(Cl)ccc1[N+](=O)[O-])c1cc(Br)cc(Br)c1. The molecule has 0 aliphatic carbocycles. The lowest BCUT2D eigenvalue weighted by molar-refractivity contribution is -0.383. The van der Waals surface area contributed by atoms with Gasteiger partial charge in [0.25, 0.3) is 11.6 Å². The van der Waals surface area contributed by atoms with Crippen LogP contribution in [-0.2, 0) is 0 Å². The summed E-state index contributed by atoms with van der Waals surface area (Å²) in [6, 6.07) is 8.97. The third kappa shape index (κ3) is 4.03. The molecule has 2 rings (SSSR count). The maximum atomic E-state index is 12.2. The van der Waals surface area contributed by atoms with Gasteiger partial charge in [0, 0.05) is 25.6 Å². The molecule has 0 saturated heterocycles. The van der Waals surface area contributed by atoms with Crippen molar-refractivity contribution in [3.63, 3.8) is 0 Å². The number of rotatable bonds is 3. The van der Waals surface area contributed by atoms with Crippen molar-refractivity contribution in [2.24, 2.45) is 0 Å². The number of carbonyl (C=O) groups is 1. The van der Waals surface area contributed by atoms with Crippen LogP contribution in [-0.4, -0.2) is 10.8 Å². The highest BCUT2D eigenvalue weighted by Crippen LogP contribution is 2.28. The fourth-order valence-electron chi connectivity index (χ4n) is 1.65. The monoisotopic (exact) mass is 432 g/mol. The number of anilines is 1. The van der Waals surface area contributed by atoms with E-state index in [2.05, 4.69) is 37.2 Å². The Kier molecular flexibility index (Phi) is 4.97. The summed E-state index contributed by atoms with van der Waals surface area (Å²) in [5, 5.41) is 13.7. The Morgan fingerprint density at radius 1 is 1.14 bits per heavy atom. The summed E-state index contributed by atoms with van der Waals surface area (Å²) < 4.78 is 1.42. The van der Waals surface area contributed by atoms with Crippen molar-refractivity contribution in [3.05, 3.63) is 66.0 Å². The van der Waals surface area contributed by atoms with Crippen molar-refractivity contribution >= 4 is 60.7 Å². The minimum Gasteiger partial charge on any atom is -0.316 e. The Bertz CT molecular complexity index is 717. The number of halogens is 3. The summed E-state index contributed by atoms with van der Waals surface area (Å²) in [6.45, 7) is 0. The first kappa shape index (κ1) is 15.9. The Morgan fingerprint density at radius 3 is 2.33 bits per heavy atom. The fourth-order valence-corrected chi connectivity index (χ4v) is 3.11. The normalized spacial score (nSPS) is 10.2. The van der Waals surface area contributed by atoms with Crippen molar-refractivity contribution in [2.45, 2.75) is 0 Å². The molecule has 0 spiro atoms. The van der Waals surface area contributed by atoms with E-state index in [0.29, 0.717) is 19.5 Å². The highest BCUT2D eigenvalue weighted by molar-refractivity contribution is 9.11. The maximum Gasteiger partial charge on any atom is 0.292 e.